The topological polar surface area (TPSA) is 69.9 Å². The summed E-state index contributed by atoms with van der Waals surface area (Å²) < 4.78 is 21.9. The number of furan rings is 1. The number of benzene rings is 2. The summed E-state index contributed by atoms with van der Waals surface area (Å²) in [7, 11) is 3.20. The van der Waals surface area contributed by atoms with E-state index >= 15 is 0 Å². The van der Waals surface area contributed by atoms with Gasteiger partial charge in [-0.05, 0) is 54.8 Å². The number of rotatable bonds is 9. The summed E-state index contributed by atoms with van der Waals surface area (Å²) in [4.78, 5) is 12.3. The van der Waals surface area contributed by atoms with E-state index in [1.54, 1.807) is 26.4 Å². The van der Waals surface area contributed by atoms with Gasteiger partial charge in [0.2, 0.25) is 0 Å². The van der Waals surface area contributed by atoms with Gasteiger partial charge in [0.25, 0.3) is 5.91 Å². The van der Waals surface area contributed by atoms with Gasteiger partial charge >= 0.3 is 0 Å². The summed E-state index contributed by atoms with van der Waals surface area (Å²) in [5.41, 5.74) is 2.09. The number of hydrogen-bond acceptors (Lipinski definition) is 5. The highest BCUT2D eigenvalue weighted by Gasteiger charge is 2.12. The van der Waals surface area contributed by atoms with E-state index in [0.29, 0.717) is 30.2 Å². The first kappa shape index (κ1) is 20.3. The van der Waals surface area contributed by atoms with Crippen molar-refractivity contribution in [3.8, 4) is 17.2 Å². The van der Waals surface area contributed by atoms with Gasteiger partial charge in [-0.1, -0.05) is 24.3 Å². The second-order valence-corrected chi connectivity index (χ2v) is 6.52. The Balaban J connectivity index is 1.49. The Kier molecular flexibility index (Phi) is 6.79. The van der Waals surface area contributed by atoms with Crippen molar-refractivity contribution in [2.45, 2.75) is 20.0 Å². The minimum atomic E-state index is -0.257. The summed E-state index contributed by atoms with van der Waals surface area (Å²) in [6, 6.07) is 16.9. The summed E-state index contributed by atoms with van der Waals surface area (Å²) in [6.07, 6.45) is 0.663. The van der Waals surface area contributed by atoms with Gasteiger partial charge < -0.3 is 23.9 Å². The Morgan fingerprint density at radius 2 is 1.76 bits per heavy atom. The maximum atomic E-state index is 12.3. The first-order valence-electron chi connectivity index (χ1n) is 9.37. The third-order valence-electron chi connectivity index (χ3n) is 4.50. The zero-order chi connectivity index (χ0) is 20.6. The van der Waals surface area contributed by atoms with Gasteiger partial charge in [-0.15, -0.1) is 0 Å². The maximum absolute atomic E-state index is 12.3. The molecule has 1 amide bonds. The molecule has 0 saturated carbocycles. The lowest BCUT2D eigenvalue weighted by Gasteiger charge is -2.10. The number of carbonyl (C=O) groups excluding carboxylic acids is 1. The standard InChI is InChI=1S/C23H25NO5/c1-16-6-4-5-7-19(16)28-15-18-9-11-21(29-18)23(25)24-13-12-17-8-10-20(26-2)22(14-17)27-3/h4-11,14H,12-13,15H2,1-3H3,(H,24,25). The molecule has 2 aromatic carbocycles. The Labute approximate surface area is 170 Å². The molecule has 0 radical (unpaired) electrons. The summed E-state index contributed by atoms with van der Waals surface area (Å²) in [6.45, 7) is 2.72. The van der Waals surface area contributed by atoms with Crippen molar-refractivity contribution in [2.75, 3.05) is 20.8 Å². The fourth-order valence-electron chi connectivity index (χ4n) is 2.89. The van der Waals surface area contributed by atoms with E-state index in [2.05, 4.69) is 5.32 Å². The van der Waals surface area contributed by atoms with Gasteiger partial charge in [-0.2, -0.15) is 0 Å². The van der Waals surface area contributed by atoms with E-state index in [9.17, 15) is 4.79 Å². The van der Waals surface area contributed by atoms with Gasteiger partial charge in [0, 0.05) is 6.54 Å². The summed E-state index contributed by atoms with van der Waals surface area (Å²) in [5.74, 6) is 2.74. The number of aryl methyl sites for hydroxylation is 1. The first-order valence-corrected chi connectivity index (χ1v) is 9.37. The molecule has 6 heteroatoms. The van der Waals surface area contributed by atoms with Crippen LogP contribution in [-0.4, -0.2) is 26.7 Å². The Bertz CT molecular complexity index is 963. The van der Waals surface area contributed by atoms with Gasteiger partial charge in [0.1, 0.15) is 18.1 Å². The van der Waals surface area contributed by atoms with E-state index in [0.717, 1.165) is 16.9 Å². The van der Waals surface area contributed by atoms with E-state index in [1.807, 2.05) is 49.4 Å². The molecule has 0 unspecified atom stereocenters. The van der Waals surface area contributed by atoms with Gasteiger partial charge in [-0.3, -0.25) is 4.79 Å². The number of hydrogen-bond donors (Lipinski definition) is 1. The van der Waals surface area contributed by atoms with Crippen LogP contribution in [0, 0.1) is 6.92 Å². The molecule has 0 atom stereocenters. The zero-order valence-electron chi connectivity index (χ0n) is 16.9. The van der Waals surface area contributed by atoms with Crippen molar-refractivity contribution in [1.29, 1.82) is 0 Å². The largest absolute Gasteiger partial charge is 0.493 e. The van der Waals surface area contributed by atoms with Crippen molar-refractivity contribution >= 4 is 5.91 Å². The molecule has 0 spiro atoms. The van der Waals surface area contributed by atoms with Crippen molar-refractivity contribution in [1.82, 2.24) is 5.32 Å². The van der Waals surface area contributed by atoms with E-state index < -0.39 is 0 Å². The second kappa shape index (κ2) is 9.68. The number of nitrogens with one attached hydrogen (secondary N) is 1. The molecule has 0 aliphatic carbocycles. The lowest BCUT2D eigenvalue weighted by atomic mass is 10.1. The smallest absolute Gasteiger partial charge is 0.287 e. The molecule has 3 aromatic rings. The van der Waals surface area contributed by atoms with Gasteiger partial charge in [-0.25, -0.2) is 0 Å². The molecule has 1 heterocycles. The van der Waals surface area contributed by atoms with E-state index in [-0.39, 0.29) is 18.3 Å². The molecule has 29 heavy (non-hydrogen) atoms. The fraction of sp³-hybridized carbons (Fsp3) is 0.261. The lowest BCUT2D eigenvalue weighted by Crippen LogP contribution is -2.25. The monoisotopic (exact) mass is 395 g/mol. The van der Waals surface area contributed by atoms with E-state index in [1.165, 1.54) is 0 Å². The molecule has 0 saturated heterocycles. The van der Waals surface area contributed by atoms with Crippen molar-refractivity contribution in [3.05, 3.63) is 77.2 Å². The summed E-state index contributed by atoms with van der Waals surface area (Å²) in [5, 5.41) is 2.86. The molecule has 1 N–H and O–H groups in total. The van der Waals surface area contributed by atoms with E-state index in [4.69, 9.17) is 18.6 Å². The van der Waals surface area contributed by atoms with Crippen LogP contribution in [0.3, 0.4) is 0 Å². The minimum absolute atomic E-state index is 0.257. The normalized spacial score (nSPS) is 10.4. The van der Waals surface area contributed by atoms with Crippen LogP contribution in [-0.2, 0) is 13.0 Å². The van der Waals surface area contributed by atoms with Crippen LogP contribution in [0.4, 0.5) is 0 Å². The Morgan fingerprint density at radius 3 is 2.52 bits per heavy atom. The fourth-order valence-corrected chi connectivity index (χ4v) is 2.89. The molecular weight excluding hydrogens is 370 g/mol. The van der Waals surface area contributed by atoms with Gasteiger partial charge in [0.05, 0.1) is 14.2 Å². The van der Waals surface area contributed by atoms with Crippen molar-refractivity contribution in [3.63, 3.8) is 0 Å². The Morgan fingerprint density at radius 1 is 0.966 bits per heavy atom. The zero-order valence-corrected chi connectivity index (χ0v) is 16.9. The molecule has 152 valence electrons. The predicted octanol–water partition coefficient (Wildman–Crippen LogP) is 4.16. The van der Waals surface area contributed by atoms with Crippen molar-refractivity contribution < 1.29 is 23.4 Å². The third-order valence-corrected chi connectivity index (χ3v) is 4.50. The average Bonchev–Trinajstić information content (AvgIpc) is 3.22. The molecule has 0 aliphatic heterocycles. The number of carbonyl (C=O) groups is 1. The number of amides is 1. The maximum Gasteiger partial charge on any atom is 0.287 e. The molecule has 0 fully saturated rings. The van der Waals surface area contributed by atoms with Gasteiger partial charge in [0.15, 0.2) is 17.3 Å². The highest BCUT2D eigenvalue weighted by Crippen LogP contribution is 2.27. The quantitative estimate of drug-likeness (QED) is 0.589. The first-order chi connectivity index (χ1) is 14.1. The molecular formula is C23H25NO5. The average molecular weight is 395 g/mol. The van der Waals surface area contributed by atoms with Crippen LogP contribution in [0.15, 0.2) is 59.0 Å². The highest BCUT2D eigenvalue weighted by atomic mass is 16.5. The highest BCUT2D eigenvalue weighted by molar-refractivity contribution is 5.91. The summed E-state index contributed by atoms with van der Waals surface area (Å²) >= 11 is 0. The van der Waals surface area contributed by atoms with Crippen LogP contribution in [0.25, 0.3) is 0 Å². The molecule has 0 bridgehead atoms. The molecule has 3 rings (SSSR count). The minimum Gasteiger partial charge on any atom is -0.493 e. The Hall–Kier alpha value is -3.41. The number of methoxy groups -OCH3 is 2. The van der Waals surface area contributed by atoms with Crippen LogP contribution in [0.2, 0.25) is 0 Å². The molecule has 0 aliphatic rings. The SMILES string of the molecule is COc1ccc(CCNC(=O)c2ccc(COc3ccccc3C)o2)cc1OC. The number of para-hydroxylation sites is 1. The lowest BCUT2D eigenvalue weighted by molar-refractivity contribution is 0.0922. The molecule has 1 aromatic heterocycles. The van der Waals surface area contributed by atoms with Crippen LogP contribution in [0.5, 0.6) is 17.2 Å². The predicted molar refractivity (Wildman–Crippen MR) is 110 cm³/mol. The second-order valence-electron chi connectivity index (χ2n) is 6.52. The van der Waals surface area contributed by atoms with Crippen LogP contribution < -0.4 is 19.5 Å². The molecule has 6 nitrogen and oxygen atoms in total. The van der Waals surface area contributed by atoms with Crippen molar-refractivity contribution in [2.24, 2.45) is 0 Å². The number of ether oxygens (including phenoxy) is 3. The van der Waals surface area contributed by atoms with Crippen LogP contribution in [0.1, 0.15) is 27.4 Å². The third kappa shape index (κ3) is 5.31. The van der Waals surface area contributed by atoms with Crippen LogP contribution >= 0.6 is 0 Å².